The third-order valence-electron chi connectivity index (χ3n) is 11.2. The van der Waals surface area contributed by atoms with E-state index in [0.717, 1.165) is 54.7 Å². The fourth-order valence-electron chi connectivity index (χ4n) is 8.66. The molecule has 4 N–H and O–H groups in total. The lowest BCUT2D eigenvalue weighted by molar-refractivity contribution is -0.126. The minimum Gasteiger partial charge on any atom is -0.391 e. The molecule has 13 heteroatoms. The monoisotopic (exact) mass is 686 g/mol. The number of aromatic amines is 2. The maximum atomic E-state index is 13.8. The molecule has 13 nitrogen and oxygen atoms in total. The molecule has 0 bridgehead atoms. The Balaban J connectivity index is 0.951. The van der Waals surface area contributed by atoms with Crippen molar-refractivity contribution in [1.29, 1.82) is 0 Å². The zero-order valence-electron chi connectivity index (χ0n) is 27.9. The molecule has 1 saturated carbocycles. The zero-order chi connectivity index (χ0) is 35.0. The summed E-state index contributed by atoms with van der Waals surface area (Å²) in [6.45, 7) is 0. The van der Waals surface area contributed by atoms with E-state index in [0.29, 0.717) is 34.1 Å². The van der Waals surface area contributed by atoms with Crippen molar-refractivity contribution in [2.24, 2.45) is 14.1 Å². The van der Waals surface area contributed by atoms with E-state index in [4.69, 9.17) is 0 Å². The van der Waals surface area contributed by atoms with Gasteiger partial charge in [-0.3, -0.25) is 15.0 Å². The average molecular weight is 687 g/mol. The first kappa shape index (κ1) is 29.2. The van der Waals surface area contributed by atoms with Crippen molar-refractivity contribution in [1.82, 2.24) is 48.8 Å². The van der Waals surface area contributed by atoms with Gasteiger partial charge in [0.05, 0.1) is 12.0 Å². The molecule has 1 fully saturated rings. The van der Waals surface area contributed by atoms with Gasteiger partial charge in [-0.2, -0.15) is 0 Å². The quantitative estimate of drug-likeness (QED) is 0.198. The van der Waals surface area contributed by atoms with Crippen LogP contribution in [0.1, 0.15) is 23.0 Å². The van der Waals surface area contributed by atoms with Gasteiger partial charge >= 0.3 is 0 Å². The maximum absolute atomic E-state index is 13.8. The molecule has 254 valence electrons. The molecule has 0 spiro atoms. The number of aliphatic hydroxyl groups excluding tert-OH is 2. The van der Waals surface area contributed by atoms with Gasteiger partial charge < -0.3 is 19.3 Å². The summed E-state index contributed by atoms with van der Waals surface area (Å²) in [5, 5.41) is 52.0. The van der Waals surface area contributed by atoms with Gasteiger partial charge in [0.2, 0.25) is 0 Å². The molecule has 6 heterocycles. The molecular formula is C39H30N10O3. The Morgan fingerprint density at radius 3 is 1.63 bits per heavy atom. The summed E-state index contributed by atoms with van der Waals surface area (Å²) in [4.78, 5) is 13.8. The van der Waals surface area contributed by atoms with E-state index in [1.54, 1.807) is 21.4 Å². The van der Waals surface area contributed by atoms with Crippen molar-refractivity contribution in [3.05, 3.63) is 108 Å². The summed E-state index contributed by atoms with van der Waals surface area (Å²) in [6.07, 6.45) is 0.608. The summed E-state index contributed by atoms with van der Waals surface area (Å²) < 4.78 is 7.78. The maximum Gasteiger partial charge on any atom is 0.183 e. The lowest BCUT2D eigenvalue weighted by atomic mass is 9.92. The van der Waals surface area contributed by atoms with E-state index in [9.17, 15) is 15.0 Å². The van der Waals surface area contributed by atoms with Crippen molar-refractivity contribution >= 4 is 60.7 Å². The van der Waals surface area contributed by atoms with E-state index in [1.807, 2.05) is 36.4 Å². The number of nitrogens with zero attached hydrogens (tertiary/aromatic N) is 8. The summed E-state index contributed by atoms with van der Waals surface area (Å²) in [6, 6.07) is 28.8. The van der Waals surface area contributed by atoms with Crippen LogP contribution in [0.5, 0.6) is 0 Å². The van der Waals surface area contributed by atoms with Gasteiger partial charge in [0.1, 0.15) is 6.10 Å². The first-order valence-electron chi connectivity index (χ1n) is 17.1. The largest absolute Gasteiger partial charge is 0.391 e. The van der Waals surface area contributed by atoms with E-state index >= 15 is 0 Å². The molecule has 4 aromatic carbocycles. The highest BCUT2D eigenvalue weighted by molar-refractivity contribution is 6.10. The lowest BCUT2D eigenvalue weighted by Crippen LogP contribution is -2.23. The van der Waals surface area contributed by atoms with Crippen LogP contribution in [0.15, 0.2) is 97.3 Å². The molecule has 0 aliphatic heterocycles. The Hall–Kier alpha value is -6.57. The zero-order valence-corrected chi connectivity index (χ0v) is 27.9. The number of benzene rings is 4. The van der Waals surface area contributed by atoms with Crippen molar-refractivity contribution in [2.75, 3.05) is 0 Å². The van der Waals surface area contributed by atoms with Crippen LogP contribution in [0.3, 0.4) is 0 Å². The molecule has 4 atom stereocenters. The third kappa shape index (κ3) is 3.70. The van der Waals surface area contributed by atoms with Crippen LogP contribution in [0.2, 0.25) is 0 Å². The van der Waals surface area contributed by atoms with Gasteiger partial charge in [0.25, 0.3) is 0 Å². The van der Waals surface area contributed by atoms with Gasteiger partial charge in [-0.1, -0.05) is 36.4 Å². The molecule has 1 aliphatic carbocycles. The summed E-state index contributed by atoms with van der Waals surface area (Å²) >= 11 is 0. The van der Waals surface area contributed by atoms with E-state index in [1.165, 1.54) is 0 Å². The number of aromatic nitrogens is 10. The minimum absolute atomic E-state index is 0.408. The standard InChI is InChI=1S/C39H30N10O3/c1-46-27-9-5-3-7-21(27)23-15-19(11-13-29(23)46)36-42-44-38-25(17-40-48(36)38)31-33(50)32(35(52)34(31)51)26-18-41-49-37(43-45-39(26)49)20-12-14-30-24(16-20)22-8-4-6-10-28(22)47(30)2/h3-18,31-34,40-41,50-51H,1-2H3. The number of carbonyl (C=O) groups excluding carboxylic acids is 1. The number of rotatable bonds is 4. The molecule has 0 saturated heterocycles. The second kappa shape index (κ2) is 10.2. The number of ketones is 1. The second-order valence-corrected chi connectivity index (χ2v) is 13.8. The fourth-order valence-corrected chi connectivity index (χ4v) is 8.66. The van der Waals surface area contributed by atoms with Gasteiger partial charge in [-0.25, -0.2) is 9.03 Å². The van der Waals surface area contributed by atoms with Crippen LogP contribution >= 0.6 is 0 Å². The van der Waals surface area contributed by atoms with Crippen LogP contribution < -0.4 is 0 Å². The van der Waals surface area contributed by atoms with Crippen LogP contribution in [0.25, 0.3) is 77.7 Å². The van der Waals surface area contributed by atoms with E-state index in [2.05, 4.69) is 102 Å². The number of hydrogen-bond acceptors (Lipinski definition) is 7. The molecule has 10 aromatic rings. The van der Waals surface area contributed by atoms with Gasteiger partial charge in [0.15, 0.2) is 28.7 Å². The van der Waals surface area contributed by atoms with E-state index in [-0.39, 0.29) is 0 Å². The topological polar surface area (TPSA) is 159 Å². The minimum atomic E-state index is -1.47. The summed E-state index contributed by atoms with van der Waals surface area (Å²) in [5.74, 6) is -1.35. The highest BCUT2D eigenvalue weighted by Gasteiger charge is 2.52. The average Bonchev–Trinajstić information content (AvgIpc) is 4.04. The molecule has 4 unspecified atom stereocenters. The van der Waals surface area contributed by atoms with Crippen LogP contribution in [-0.4, -0.2) is 77.0 Å². The van der Waals surface area contributed by atoms with Crippen LogP contribution in [-0.2, 0) is 18.9 Å². The Kier molecular flexibility index (Phi) is 5.75. The first-order chi connectivity index (χ1) is 25.4. The van der Waals surface area contributed by atoms with Crippen LogP contribution in [0, 0.1) is 0 Å². The Labute approximate surface area is 293 Å². The highest BCUT2D eigenvalue weighted by Crippen LogP contribution is 2.44. The smallest absolute Gasteiger partial charge is 0.183 e. The van der Waals surface area contributed by atoms with Gasteiger partial charge in [0, 0.05) is 98.3 Å². The SMILES string of the molecule is Cn1c2ccccc2c2cc(-c3nnc4c(C5C(=O)C(O)C(c6c[nH]n7c(-c8ccc9c(c8)c8ccccc8n9C)nnc67)C5O)c[nH]n34)ccc21. The normalized spacial score (nSPS) is 19.6. The predicted octanol–water partition coefficient (Wildman–Crippen LogP) is 5.22. The predicted molar refractivity (Wildman–Crippen MR) is 196 cm³/mol. The Morgan fingerprint density at radius 2 is 1.08 bits per heavy atom. The Bertz CT molecular complexity index is 3100. The third-order valence-corrected chi connectivity index (χ3v) is 11.2. The summed E-state index contributed by atoms with van der Waals surface area (Å²) in [5.41, 5.74) is 7.96. The fraction of sp³-hybridized carbons (Fsp3) is 0.154. The number of carbonyl (C=O) groups is 1. The second-order valence-electron chi connectivity index (χ2n) is 13.8. The van der Waals surface area contributed by atoms with Crippen molar-refractivity contribution < 1.29 is 15.0 Å². The number of aryl methyl sites for hydroxylation is 2. The molecule has 0 radical (unpaired) electrons. The van der Waals surface area contributed by atoms with Crippen molar-refractivity contribution in [3.8, 4) is 22.8 Å². The molecule has 52 heavy (non-hydrogen) atoms. The number of nitrogens with one attached hydrogen (secondary N) is 2. The van der Waals surface area contributed by atoms with Crippen LogP contribution in [0.4, 0.5) is 0 Å². The molecule has 11 rings (SSSR count). The number of Topliss-reactive ketones (excluding diaryl/α,β-unsaturated/α-hetero) is 1. The van der Waals surface area contributed by atoms with Crippen molar-refractivity contribution in [3.63, 3.8) is 0 Å². The van der Waals surface area contributed by atoms with E-state index < -0.39 is 29.8 Å². The summed E-state index contributed by atoms with van der Waals surface area (Å²) in [7, 11) is 4.10. The molecule has 6 aromatic heterocycles. The molecule has 0 amide bonds. The first-order valence-corrected chi connectivity index (χ1v) is 17.1. The lowest BCUT2D eigenvalue weighted by Gasteiger charge is -2.17. The number of hydrogen-bond donors (Lipinski definition) is 4. The Morgan fingerprint density at radius 1 is 0.596 bits per heavy atom. The molecular weight excluding hydrogens is 656 g/mol. The van der Waals surface area contributed by atoms with Gasteiger partial charge in [-0.15, -0.1) is 20.4 Å². The number of H-pyrrole nitrogens is 2. The number of para-hydroxylation sites is 2. The van der Waals surface area contributed by atoms with Crippen molar-refractivity contribution in [2.45, 2.75) is 24.0 Å². The van der Waals surface area contributed by atoms with Gasteiger partial charge in [-0.05, 0) is 48.5 Å². The number of fused-ring (bicyclic) bond motifs is 8. The number of aliphatic hydroxyl groups is 2. The molecule has 1 aliphatic rings. The highest BCUT2D eigenvalue weighted by atomic mass is 16.3.